The molecule has 3 rings (SSSR count). The van der Waals surface area contributed by atoms with Gasteiger partial charge < -0.3 is 14.6 Å². The molecule has 2 aromatic rings. The molecule has 0 radical (unpaired) electrons. The Morgan fingerprint density at radius 2 is 2.29 bits per heavy atom. The van der Waals surface area contributed by atoms with Gasteiger partial charge in [0.05, 0.1) is 12.8 Å². The molecule has 1 saturated heterocycles. The summed E-state index contributed by atoms with van der Waals surface area (Å²) in [6.07, 6.45) is 6.29. The lowest BCUT2D eigenvalue weighted by molar-refractivity contribution is 0.0942. The predicted octanol–water partition coefficient (Wildman–Crippen LogP) is 3.08. The number of aromatic nitrogens is 2. The van der Waals surface area contributed by atoms with Gasteiger partial charge in [-0.2, -0.15) is 0 Å². The zero-order valence-electron chi connectivity index (χ0n) is 14.3. The normalized spacial score (nSPS) is 17.8. The van der Waals surface area contributed by atoms with Crippen molar-refractivity contribution in [2.24, 2.45) is 0 Å². The molecule has 1 aliphatic heterocycles. The first-order valence-corrected chi connectivity index (χ1v) is 8.60. The minimum Gasteiger partial charge on any atom is -0.467 e. The summed E-state index contributed by atoms with van der Waals surface area (Å²) in [6.45, 7) is 5.37. The highest BCUT2D eigenvalue weighted by atomic mass is 16.3. The largest absolute Gasteiger partial charge is 0.467 e. The lowest BCUT2D eigenvalue weighted by Gasteiger charge is -2.36. The fourth-order valence-electron chi connectivity index (χ4n) is 3.21. The molecule has 0 bridgehead atoms. The first-order valence-electron chi connectivity index (χ1n) is 8.60. The number of carbonyl (C=O) groups excluding carboxylic acids is 1. The highest BCUT2D eigenvalue weighted by Crippen LogP contribution is 2.25. The number of furan rings is 1. The number of piperidine rings is 1. The van der Waals surface area contributed by atoms with Gasteiger partial charge in [-0.1, -0.05) is 6.92 Å². The summed E-state index contributed by atoms with van der Waals surface area (Å²) in [6, 6.07) is 5.93. The smallest absolute Gasteiger partial charge is 0.270 e. The number of aryl methyl sites for hydroxylation is 1. The first-order chi connectivity index (χ1) is 11.7. The van der Waals surface area contributed by atoms with Gasteiger partial charge in [-0.05, 0) is 44.7 Å². The van der Waals surface area contributed by atoms with Crippen LogP contribution in [0.25, 0.3) is 0 Å². The van der Waals surface area contributed by atoms with Crippen molar-refractivity contribution in [1.29, 1.82) is 0 Å². The second kappa shape index (κ2) is 7.47. The second-order valence-electron chi connectivity index (χ2n) is 6.17. The molecule has 0 spiro atoms. The van der Waals surface area contributed by atoms with Crippen LogP contribution in [0, 0.1) is 6.92 Å². The van der Waals surface area contributed by atoms with Crippen molar-refractivity contribution in [2.45, 2.75) is 52.1 Å². The van der Waals surface area contributed by atoms with E-state index in [1.807, 2.05) is 13.0 Å². The molecule has 24 heavy (non-hydrogen) atoms. The van der Waals surface area contributed by atoms with E-state index in [0.717, 1.165) is 24.5 Å². The summed E-state index contributed by atoms with van der Waals surface area (Å²) >= 11 is 0. The molecule has 6 nitrogen and oxygen atoms in total. The Bertz CT molecular complexity index is 684. The lowest BCUT2D eigenvalue weighted by atomic mass is 10.00. The van der Waals surface area contributed by atoms with Crippen molar-refractivity contribution in [3.63, 3.8) is 0 Å². The third-order valence-electron chi connectivity index (χ3n) is 4.45. The van der Waals surface area contributed by atoms with Crippen LogP contribution in [0.5, 0.6) is 0 Å². The average Bonchev–Trinajstić information content (AvgIpc) is 3.12. The van der Waals surface area contributed by atoms with Gasteiger partial charge in [-0.15, -0.1) is 0 Å². The molecule has 1 unspecified atom stereocenters. The summed E-state index contributed by atoms with van der Waals surface area (Å²) in [5, 5.41) is 2.84. The van der Waals surface area contributed by atoms with E-state index in [9.17, 15) is 4.79 Å². The van der Waals surface area contributed by atoms with Gasteiger partial charge in [0.25, 0.3) is 5.91 Å². The molecule has 0 aromatic carbocycles. The SMILES string of the molecule is CCC1CCCCN1c1cc(C(=O)NCc2ccco2)nc(C)n1. The molecular formula is C18H24N4O2. The van der Waals surface area contributed by atoms with E-state index in [0.29, 0.717) is 24.1 Å². The van der Waals surface area contributed by atoms with Gasteiger partial charge in [-0.25, -0.2) is 9.97 Å². The van der Waals surface area contributed by atoms with Crippen molar-refractivity contribution in [3.8, 4) is 0 Å². The van der Waals surface area contributed by atoms with Crippen LogP contribution in [0.15, 0.2) is 28.9 Å². The van der Waals surface area contributed by atoms with E-state index < -0.39 is 0 Å². The van der Waals surface area contributed by atoms with Crippen LogP contribution >= 0.6 is 0 Å². The summed E-state index contributed by atoms with van der Waals surface area (Å²) in [7, 11) is 0. The Hall–Kier alpha value is -2.37. The van der Waals surface area contributed by atoms with Gasteiger partial charge in [-0.3, -0.25) is 4.79 Å². The number of rotatable bonds is 5. The van der Waals surface area contributed by atoms with E-state index in [4.69, 9.17) is 4.42 Å². The Kier molecular flexibility index (Phi) is 5.13. The minimum absolute atomic E-state index is 0.205. The quantitative estimate of drug-likeness (QED) is 0.913. The summed E-state index contributed by atoms with van der Waals surface area (Å²) in [5.74, 6) is 1.99. The molecule has 128 valence electrons. The van der Waals surface area contributed by atoms with E-state index in [1.54, 1.807) is 18.4 Å². The maximum atomic E-state index is 12.4. The predicted molar refractivity (Wildman–Crippen MR) is 91.9 cm³/mol. The fraction of sp³-hybridized carbons (Fsp3) is 0.500. The lowest BCUT2D eigenvalue weighted by Crippen LogP contribution is -2.40. The summed E-state index contributed by atoms with van der Waals surface area (Å²) < 4.78 is 5.24. The molecule has 6 heteroatoms. The van der Waals surface area contributed by atoms with Crippen molar-refractivity contribution in [1.82, 2.24) is 15.3 Å². The number of nitrogens with one attached hydrogen (secondary N) is 1. The van der Waals surface area contributed by atoms with Crippen LogP contribution in [-0.4, -0.2) is 28.5 Å². The molecule has 1 fully saturated rings. The zero-order chi connectivity index (χ0) is 16.9. The van der Waals surface area contributed by atoms with Gasteiger partial charge in [0.2, 0.25) is 0 Å². The monoisotopic (exact) mass is 328 g/mol. The third-order valence-corrected chi connectivity index (χ3v) is 4.45. The van der Waals surface area contributed by atoms with E-state index in [1.165, 1.54) is 19.3 Å². The van der Waals surface area contributed by atoms with Crippen molar-refractivity contribution in [3.05, 3.63) is 41.7 Å². The standard InChI is InChI=1S/C18H24N4O2/c1-3-14-7-4-5-9-22(14)17-11-16(20-13(2)21-17)18(23)19-12-15-8-6-10-24-15/h6,8,10-11,14H,3-5,7,9,12H2,1-2H3,(H,19,23). The molecule has 1 atom stereocenters. The summed E-state index contributed by atoms with van der Waals surface area (Å²) in [4.78, 5) is 23.6. The van der Waals surface area contributed by atoms with E-state index in [-0.39, 0.29) is 5.91 Å². The number of hydrogen-bond acceptors (Lipinski definition) is 5. The van der Waals surface area contributed by atoms with Crippen LogP contribution in [0.3, 0.4) is 0 Å². The Morgan fingerprint density at radius 1 is 1.42 bits per heavy atom. The van der Waals surface area contributed by atoms with Crippen molar-refractivity contribution >= 4 is 11.7 Å². The zero-order valence-corrected chi connectivity index (χ0v) is 14.3. The molecular weight excluding hydrogens is 304 g/mol. The van der Waals surface area contributed by atoms with Crippen molar-refractivity contribution < 1.29 is 9.21 Å². The molecule has 2 aromatic heterocycles. The molecule has 0 saturated carbocycles. The molecule has 0 aliphatic carbocycles. The maximum absolute atomic E-state index is 12.4. The number of hydrogen-bond donors (Lipinski definition) is 1. The average molecular weight is 328 g/mol. The van der Waals surface area contributed by atoms with Gasteiger partial charge in [0.1, 0.15) is 23.1 Å². The van der Waals surface area contributed by atoms with Crippen LogP contribution in [0.2, 0.25) is 0 Å². The highest BCUT2D eigenvalue weighted by Gasteiger charge is 2.23. The van der Waals surface area contributed by atoms with Crippen molar-refractivity contribution in [2.75, 3.05) is 11.4 Å². The molecule has 1 N–H and O–H groups in total. The van der Waals surface area contributed by atoms with E-state index in [2.05, 4.69) is 27.1 Å². The highest BCUT2D eigenvalue weighted by molar-refractivity contribution is 5.92. The van der Waals surface area contributed by atoms with Gasteiger partial charge in [0, 0.05) is 18.7 Å². The van der Waals surface area contributed by atoms with Crippen LogP contribution < -0.4 is 10.2 Å². The Morgan fingerprint density at radius 3 is 3.04 bits per heavy atom. The Labute approximate surface area is 142 Å². The number of anilines is 1. The topological polar surface area (TPSA) is 71.3 Å². The van der Waals surface area contributed by atoms with Gasteiger partial charge >= 0.3 is 0 Å². The second-order valence-corrected chi connectivity index (χ2v) is 6.17. The maximum Gasteiger partial charge on any atom is 0.270 e. The minimum atomic E-state index is -0.205. The third kappa shape index (κ3) is 3.75. The molecule has 1 aliphatic rings. The van der Waals surface area contributed by atoms with Crippen LogP contribution in [0.4, 0.5) is 5.82 Å². The molecule has 3 heterocycles. The van der Waals surface area contributed by atoms with Crippen LogP contribution in [-0.2, 0) is 6.54 Å². The molecule has 1 amide bonds. The Balaban J connectivity index is 1.76. The van der Waals surface area contributed by atoms with E-state index >= 15 is 0 Å². The van der Waals surface area contributed by atoms with Gasteiger partial charge in [0.15, 0.2) is 0 Å². The fourth-order valence-corrected chi connectivity index (χ4v) is 3.21. The summed E-state index contributed by atoms with van der Waals surface area (Å²) in [5.41, 5.74) is 0.407. The van der Waals surface area contributed by atoms with Crippen LogP contribution in [0.1, 0.15) is 54.7 Å². The number of nitrogens with zero attached hydrogens (tertiary/aromatic N) is 3. The first kappa shape index (κ1) is 16.5. The number of amides is 1. The number of carbonyl (C=O) groups is 1.